The van der Waals surface area contributed by atoms with Gasteiger partial charge in [-0.1, -0.05) is 41.4 Å². The summed E-state index contributed by atoms with van der Waals surface area (Å²) in [6.45, 7) is 2.74. The summed E-state index contributed by atoms with van der Waals surface area (Å²) in [7, 11) is 0. The third kappa shape index (κ3) is 3.41. The molecule has 0 spiro atoms. The molecule has 0 aliphatic heterocycles. The molecule has 0 aromatic heterocycles. The number of nitrogens with two attached hydrogens (primary N) is 1. The van der Waals surface area contributed by atoms with Crippen molar-refractivity contribution in [1.82, 2.24) is 0 Å². The maximum absolute atomic E-state index is 6.17. The zero-order valence-corrected chi connectivity index (χ0v) is 12.1. The van der Waals surface area contributed by atoms with Crippen molar-refractivity contribution in [3.63, 3.8) is 0 Å². The van der Waals surface area contributed by atoms with Crippen LogP contribution in [-0.2, 0) is 13.2 Å². The number of ether oxygens (including phenoxy) is 1. The van der Waals surface area contributed by atoms with Crippen LogP contribution in [0.15, 0.2) is 36.4 Å². The SMILES string of the molecule is Cc1ccc(COc2cccc(Cl)c2CN)c(Cl)c1. The zero-order valence-electron chi connectivity index (χ0n) is 10.6. The van der Waals surface area contributed by atoms with Gasteiger partial charge in [0.05, 0.1) is 0 Å². The van der Waals surface area contributed by atoms with Gasteiger partial charge in [-0.15, -0.1) is 0 Å². The zero-order chi connectivity index (χ0) is 13.8. The third-order valence-corrected chi connectivity index (χ3v) is 3.58. The smallest absolute Gasteiger partial charge is 0.125 e. The second kappa shape index (κ2) is 6.29. The quantitative estimate of drug-likeness (QED) is 0.911. The molecule has 0 heterocycles. The average molecular weight is 296 g/mol. The molecule has 0 saturated heterocycles. The van der Waals surface area contributed by atoms with Crippen molar-refractivity contribution < 1.29 is 4.74 Å². The standard InChI is InChI=1S/C15H15Cl2NO/c1-10-5-6-11(14(17)7-10)9-19-15-4-2-3-13(16)12(15)8-18/h2-7H,8-9,18H2,1H3. The summed E-state index contributed by atoms with van der Waals surface area (Å²) < 4.78 is 5.77. The van der Waals surface area contributed by atoms with Crippen molar-refractivity contribution in [3.8, 4) is 5.75 Å². The van der Waals surface area contributed by atoms with Crippen LogP contribution in [0, 0.1) is 6.92 Å². The summed E-state index contributed by atoms with van der Waals surface area (Å²) >= 11 is 12.2. The third-order valence-electron chi connectivity index (χ3n) is 2.87. The molecule has 0 aliphatic carbocycles. The highest BCUT2D eigenvalue weighted by atomic mass is 35.5. The maximum Gasteiger partial charge on any atom is 0.125 e. The van der Waals surface area contributed by atoms with Gasteiger partial charge in [-0.2, -0.15) is 0 Å². The first kappa shape index (κ1) is 14.2. The van der Waals surface area contributed by atoms with Crippen LogP contribution in [0.3, 0.4) is 0 Å². The number of aryl methyl sites for hydroxylation is 1. The van der Waals surface area contributed by atoms with E-state index < -0.39 is 0 Å². The minimum absolute atomic E-state index is 0.344. The second-order valence-electron chi connectivity index (χ2n) is 4.30. The molecule has 0 saturated carbocycles. The first-order chi connectivity index (χ1) is 9.11. The Morgan fingerprint density at radius 2 is 1.89 bits per heavy atom. The van der Waals surface area contributed by atoms with E-state index in [1.807, 2.05) is 37.3 Å². The van der Waals surface area contributed by atoms with E-state index in [2.05, 4.69) is 0 Å². The summed E-state index contributed by atoms with van der Waals surface area (Å²) in [5.74, 6) is 0.701. The molecule has 0 radical (unpaired) electrons. The summed E-state index contributed by atoms with van der Waals surface area (Å²) in [6, 6.07) is 11.4. The van der Waals surface area contributed by atoms with Gasteiger partial charge in [0.2, 0.25) is 0 Å². The van der Waals surface area contributed by atoms with E-state index in [1.165, 1.54) is 0 Å². The van der Waals surface area contributed by atoms with E-state index in [4.69, 9.17) is 33.7 Å². The molecule has 100 valence electrons. The van der Waals surface area contributed by atoms with Crippen molar-refractivity contribution in [3.05, 3.63) is 63.1 Å². The van der Waals surface area contributed by atoms with Crippen LogP contribution in [0.25, 0.3) is 0 Å². The first-order valence-electron chi connectivity index (χ1n) is 5.97. The molecule has 0 amide bonds. The van der Waals surface area contributed by atoms with Crippen LogP contribution >= 0.6 is 23.2 Å². The van der Waals surface area contributed by atoms with Crippen LogP contribution < -0.4 is 10.5 Å². The fourth-order valence-electron chi connectivity index (χ4n) is 1.80. The van der Waals surface area contributed by atoms with Crippen molar-refractivity contribution >= 4 is 23.2 Å². The molecular formula is C15H15Cl2NO. The minimum atomic E-state index is 0.344. The average Bonchev–Trinajstić information content (AvgIpc) is 2.38. The fourth-order valence-corrected chi connectivity index (χ4v) is 2.33. The van der Waals surface area contributed by atoms with Crippen LogP contribution in [-0.4, -0.2) is 0 Å². The maximum atomic E-state index is 6.17. The molecule has 2 aromatic rings. The van der Waals surface area contributed by atoms with E-state index in [9.17, 15) is 0 Å². The van der Waals surface area contributed by atoms with Gasteiger partial charge in [0.15, 0.2) is 0 Å². The lowest BCUT2D eigenvalue weighted by atomic mass is 10.1. The minimum Gasteiger partial charge on any atom is -0.488 e. The summed E-state index contributed by atoms with van der Waals surface area (Å²) in [5, 5.41) is 1.33. The van der Waals surface area contributed by atoms with E-state index in [-0.39, 0.29) is 0 Å². The van der Waals surface area contributed by atoms with E-state index >= 15 is 0 Å². The Morgan fingerprint density at radius 1 is 1.11 bits per heavy atom. The molecular weight excluding hydrogens is 281 g/mol. The molecule has 0 bridgehead atoms. The van der Waals surface area contributed by atoms with Crippen molar-refractivity contribution in [2.45, 2.75) is 20.1 Å². The van der Waals surface area contributed by atoms with Gasteiger partial charge in [0.1, 0.15) is 12.4 Å². The molecule has 0 aliphatic rings. The van der Waals surface area contributed by atoms with Gasteiger partial charge >= 0.3 is 0 Å². The van der Waals surface area contributed by atoms with Gasteiger partial charge in [-0.25, -0.2) is 0 Å². The molecule has 2 nitrogen and oxygen atoms in total. The summed E-state index contributed by atoms with van der Waals surface area (Å²) in [4.78, 5) is 0. The van der Waals surface area contributed by atoms with Crippen LogP contribution in [0.1, 0.15) is 16.7 Å². The molecule has 2 rings (SSSR count). The Hall–Kier alpha value is -1.22. The molecule has 2 aromatic carbocycles. The van der Waals surface area contributed by atoms with Crippen molar-refractivity contribution in [2.24, 2.45) is 5.73 Å². The Bertz CT molecular complexity index is 584. The van der Waals surface area contributed by atoms with Crippen LogP contribution in [0.4, 0.5) is 0 Å². The van der Waals surface area contributed by atoms with Gasteiger partial charge in [-0.3, -0.25) is 0 Å². The van der Waals surface area contributed by atoms with Crippen LogP contribution in [0.5, 0.6) is 5.75 Å². The molecule has 0 atom stereocenters. The second-order valence-corrected chi connectivity index (χ2v) is 5.12. The van der Waals surface area contributed by atoms with E-state index in [1.54, 1.807) is 6.07 Å². The van der Waals surface area contributed by atoms with Crippen molar-refractivity contribution in [1.29, 1.82) is 0 Å². The van der Waals surface area contributed by atoms with Gasteiger partial charge in [0, 0.05) is 27.7 Å². The van der Waals surface area contributed by atoms with Gasteiger partial charge < -0.3 is 10.5 Å². The largest absolute Gasteiger partial charge is 0.488 e. The number of hydrogen-bond donors (Lipinski definition) is 1. The molecule has 2 N–H and O–H groups in total. The topological polar surface area (TPSA) is 35.2 Å². The summed E-state index contributed by atoms with van der Waals surface area (Å²) in [5.41, 5.74) is 8.56. The van der Waals surface area contributed by atoms with Gasteiger partial charge in [0.25, 0.3) is 0 Å². The first-order valence-corrected chi connectivity index (χ1v) is 6.72. The predicted molar refractivity (Wildman–Crippen MR) is 79.9 cm³/mol. The Balaban J connectivity index is 2.17. The van der Waals surface area contributed by atoms with E-state index in [0.717, 1.165) is 16.7 Å². The van der Waals surface area contributed by atoms with E-state index in [0.29, 0.717) is 28.9 Å². The fraction of sp³-hybridized carbons (Fsp3) is 0.200. The van der Waals surface area contributed by atoms with Crippen LogP contribution in [0.2, 0.25) is 10.0 Å². The highest BCUT2D eigenvalue weighted by Crippen LogP contribution is 2.27. The lowest BCUT2D eigenvalue weighted by Gasteiger charge is -2.12. The molecule has 4 heteroatoms. The molecule has 19 heavy (non-hydrogen) atoms. The Labute approximate surface area is 123 Å². The number of rotatable bonds is 4. The highest BCUT2D eigenvalue weighted by molar-refractivity contribution is 6.31. The predicted octanol–water partition coefficient (Wildman–Crippen LogP) is 4.34. The number of benzene rings is 2. The molecule has 0 unspecified atom stereocenters. The lowest BCUT2D eigenvalue weighted by molar-refractivity contribution is 0.303. The highest BCUT2D eigenvalue weighted by Gasteiger charge is 2.08. The number of hydrogen-bond acceptors (Lipinski definition) is 2. The summed E-state index contributed by atoms with van der Waals surface area (Å²) in [6.07, 6.45) is 0. The Morgan fingerprint density at radius 3 is 2.58 bits per heavy atom. The normalized spacial score (nSPS) is 10.5. The lowest BCUT2D eigenvalue weighted by Crippen LogP contribution is -2.03. The van der Waals surface area contributed by atoms with Crippen molar-refractivity contribution in [2.75, 3.05) is 0 Å². The molecule has 0 fully saturated rings. The van der Waals surface area contributed by atoms with Gasteiger partial charge in [-0.05, 0) is 30.7 Å². The Kier molecular flexibility index (Phi) is 4.70. The number of halogens is 2. The monoisotopic (exact) mass is 295 g/mol.